The van der Waals surface area contributed by atoms with Crippen LogP contribution in [0.1, 0.15) is 22.7 Å². The van der Waals surface area contributed by atoms with E-state index in [2.05, 4.69) is 10.1 Å². The number of ether oxygens (including phenoxy) is 1. The first kappa shape index (κ1) is 28.6. The highest BCUT2D eigenvalue weighted by atomic mass is 35.5. The predicted octanol–water partition coefficient (Wildman–Crippen LogP) is 6.23. The summed E-state index contributed by atoms with van der Waals surface area (Å²) in [5, 5.41) is 2.40. The van der Waals surface area contributed by atoms with Gasteiger partial charge in [-0.2, -0.15) is 13.2 Å². The monoisotopic (exact) mass is 528 g/mol. The van der Waals surface area contributed by atoms with Crippen molar-refractivity contribution in [3.05, 3.63) is 63.9 Å². The second-order valence-electron chi connectivity index (χ2n) is 6.66. The summed E-state index contributed by atoms with van der Waals surface area (Å²) in [6.45, 7) is 1.80. The molecule has 13 heteroatoms. The van der Waals surface area contributed by atoms with Crippen LogP contribution in [-0.4, -0.2) is 37.4 Å². The highest BCUT2D eigenvalue weighted by molar-refractivity contribution is 6.30. The molecule has 3 rings (SSSR count). The van der Waals surface area contributed by atoms with E-state index in [4.69, 9.17) is 11.6 Å². The molecule has 1 aliphatic heterocycles. The van der Waals surface area contributed by atoms with Gasteiger partial charge < -0.3 is 10.1 Å². The van der Waals surface area contributed by atoms with Crippen LogP contribution in [0.5, 0.6) is 5.75 Å². The zero-order chi connectivity index (χ0) is 22.1. The molecule has 0 aromatic heterocycles. The van der Waals surface area contributed by atoms with Crippen molar-refractivity contribution in [3.63, 3.8) is 0 Å². The van der Waals surface area contributed by atoms with Crippen LogP contribution in [0.15, 0.2) is 36.4 Å². The lowest BCUT2D eigenvalue weighted by atomic mass is 9.94. The molecular formula is C19H18Cl3F7N2O. The normalized spacial score (nSPS) is 16.0. The van der Waals surface area contributed by atoms with Gasteiger partial charge in [-0.1, -0.05) is 23.7 Å². The zero-order valence-electron chi connectivity index (χ0n) is 16.1. The minimum Gasteiger partial charge on any atom is -0.406 e. The van der Waals surface area contributed by atoms with E-state index in [1.165, 1.54) is 12.1 Å². The van der Waals surface area contributed by atoms with Crippen molar-refractivity contribution in [1.82, 2.24) is 10.2 Å². The first-order chi connectivity index (χ1) is 14.0. The van der Waals surface area contributed by atoms with E-state index in [0.29, 0.717) is 43.9 Å². The maximum atomic E-state index is 14.8. The molecule has 1 N–H and O–H groups in total. The molecule has 3 nitrogen and oxygen atoms in total. The summed E-state index contributed by atoms with van der Waals surface area (Å²) >= 11 is 5.74. The molecule has 0 amide bonds. The maximum absolute atomic E-state index is 14.8. The molecule has 0 bridgehead atoms. The molecule has 1 saturated heterocycles. The molecule has 0 saturated carbocycles. The Morgan fingerprint density at radius 1 is 0.938 bits per heavy atom. The largest absolute Gasteiger partial charge is 0.573 e. The van der Waals surface area contributed by atoms with E-state index >= 15 is 0 Å². The molecule has 1 atom stereocenters. The lowest BCUT2D eigenvalue weighted by molar-refractivity contribution is -0.274. The second-order valence-corrected chi connectivity index (χ2v) is 7.07. The number of piperazine rings is 1. The van der Waals surface area contributed by atoms with Crippen molar-refractivity contribution in [3.8, 4) is 5.75 Å². The molecule has 1 heterocycles. The zero-order valence-corrected chi connectivity index (χ0v) is 18.5. The van der Waals surface area contributed by atoms with E-state index < -0.39 is 40.7 Å². The van der Waals surface area contributed by atoms with Gasteiger partial charge >= 0.3 is 12.5 Å². The molecule has 1 fully saturated rings. The maximum Gasteiger partial charge on any atom is 0.573 e. The summed E-state index contributed by atoms with van der Waals surface area (Å²) in [5.74, 6) is -1.50. The Morgan fingerprint density at radius 2 is 1.50 bits per heavy atom. The van der Waals surface area contributed by atoms with Gasteiger partial charge in [0.1, 0.15) is 11.6 Å². The van der Waals surface area contributed by atoms with Gasteiger partial charge in [0.15, 0.2) is 0 Å². The van der Waals surface area contributed by atoms with Crippen LogP contribution in [0.25, 0.3) is 0 Å². The van der Waals surface area contributed by atoms with Crippen molar-refractivity contribution in [2.24, 2.45) is 0 Å². The van der Waals surface area contributed by atoms with Gasteiger partial charge in [-0.05, 0) is 29.8 Å². The Morgan fingerprint density at radius 3 is 2.00 bits per heavy atom. The SMILES string of the molecule is Cl.Cl.Fc1c(Cl)cc(C(F)(F)F)cc1[C@@H](c1ccc(OC(F)(F)F)cc1)N1CCNCC1. The summed E-state index contributed by atoms with van der Waals surface area (Å²) in [5.41, 5.74) is -1.11. The van der Waals surface area contributed by atoms with Crippen molar-refractivity contribution >= 4 is 36.4 Å². The molecule has 1 aliphatic rings. The summed E-state index contributed by atoms with van der Waals surface area (Å²) in [6, 6.07) is 4.81. The van der Waals surface area contributed by atoms with Gasteiger partial charge in [-0.15, -0.1) is 38.0 Å². The number of nitrogens with zero attached hydrogens (tertiary/aromatic N) is 1. The quantitative estimate of drug-likeness (QED) is 0.475. The number of hydrogen-bond donors (Lipinski definition) is 1. The fourth-order valence-corrected chi connectivity index (χ4v) is 3.58. The summed E-state index contributed by atoms with van der Waals surface area (Å²) < 4.78 is 95.7. The molecule has 0 radical (unpaired) electrons. The van der Waals surface area contributed by atoms with Crippen LogP contribution in [-0.2, 0) is 6.18 Å². The number of nitrogens with one attached hydrogen (secondary N) is 1. The van der Waals surface area contributed by atoms with Crippen molar-refractivity contribution in [2.45, 2.75) is 18.6 Å². The fourth-order valence-electron chi connectivity index (χ4n) is 3.35. The molecule has 180 valence electrons. The standard InChI is InChI=1S/C19H16ClF7N2O.2ClH/c20-15-10-12(18(22,23)24)9-14(16(15)21)17(29-7-5-28-6-8-29)11-1-3-13(4-2-11)30-19(25,26)27;;/h1-4,9-10,17,28H,5-8H2;2*1H/t17-;;/m1../s1. The fraction of sp³-hybridized carbons (Fsp3) is 0.368. The summed E-state index contributed by atoms with van der Waals surface area (Å²) in [7, 11) is 0. The number of alkyl halides is 6. The molecule has 32 heavy (non-hydrogen) atoms. The molecule has 0 aliphatic carbocycles. The van der Waals surface area contributed by atoms with Gasteiger partial charge in [-0.25, -0.2) is 4.39 Å². The Bertz CT molecular complexity index is 886. The molecule has 2 aromatic carbocycles. The molecule has 0 spiro atoms. The van der Waals surface area contributed by atoms with E-state index in [1.807, 2.05) is 0 Å². The Kier molecular flexibility index (Phi) is 9.92. The minimum absolute atomic E-state index is 0. The average Bonchev–Trinajstić information content (AvgIpc) is 2.65. The molecular weight excluding hydrogens is 512 g/mol. The van der Waals surface area contributed by atoms with Crippen molar-refractivity contribution in [1.29, 1.82) is 0 Å². The number of benzene rings is 2. The third-order valence-electron chi connectivity index (χ3n) is 4.62. The van der Waals surface area contributed by atoms with E-state index in [0.717, 1.165) is 12.1 Å². The Hall–Kier alpha value is -1.46. The average molecular weight is 530 g/mol. The number of rotatable bonds is 4. The Labute approximate surface area is 196 Å². The predicted molar refractivity (Wildman–Crippen MR) is 110 cm³/mol. The van der Waals surface area contributed by atoms with Gasteiger partial charge in [0.2, 0.25) is 0 Å². The van der Waals surface area contributed by atoms with E-state index in [1.54, 1.807) is 4.90 Å². The lowest BCUT2D eigenvalue weighted by Gasteiger charge is -2.36. The smallest absolute Gasteiger partial charge is 0.406 e. The van der Waals surface area contributed by atoms with Gasteiger partial charge in [0, 0.05) is 31.7 Å². The summed E-state index contributed by atoms with van der Waals surface area (Å²) in [6.07, 6.45) is -9.63. The third kappa shape index (κ3) is 7.02. The van der Waals surface area contributed by atoms with Crippen molar-refractivity contribution < 1.29 is 35.5 Å². The number of hydrogen-bond acceptors (Lipinski definition) is 3. The van der Waals surface area contributed by atoms with E-state index in [9.17, 15) is 30.7 Å². The highest BCUT2D eigenvalue weighted by Crippen LogP contribution is 2.39. The van der Waals surface area contributed by atoms with Crippen LogP contribution in [0.3, 0.4) is 0 Å². The van der Waals surface area contributed by atoms with Crippen LogP contribution >= 0.6 is 36.4 Å². The van der Waals surface area contributed by atoms with Crippen LogP contribution in [0, 0.1) is 5.82 Å². The molecule has 0 unspecified atom stereocenters. The van der Waals surface area contributed by atoms with Crippen molar-refractivity contribution in [2.75, 3.05) is 26.2 Å². The number of halogens is 10. The minimum atomic E-state index is -4.89. The third-order valence-corrected chi connectivity index (χ3v) is 4.90. The van der Waals surface area contributed by atoms with Gasteiger partial charge in [0.05, 0.1) is 16.6 Å². The van der Waals surface area contributed by atoms with Gasteiger partial charge in [0.25, 0.3) is 0 Å². The van der Waals surface area contributed by atoms with Crippen LogP contribution in [0.2, 0.25) is 5.02 Å². The lowest BCUT2D eigenvalue weighted by Crippen LogP contribution is -2.45. The van der Waals surface area contributed by atoms with Crippen LogP contribution in [0.4, 0.5) is 30.7 Å². The summed E-state index contributed by atoms with van der Waals surface area (Å²) in [4.78, 5) is 1.74. The Balaban J connectivity index is 0.00000256. The van der Waals surface area contributed by atoms with Crippen LogP contribution < -0.4 is 10.1 Å². The van der Waals surface area contributed by atoms with E-state index in [-0.39, 0.29) is 30.4 Å². The van der Waals surface area contributed by atoms with Gasteiger partial charge in [-0.3, -0.25) is 4.90 Å². The first-order valence-electron chi connectivity index (χ1n) is 8.82. The molecule has 2 aromatic rings. The second kappa shape index (κ2) is 11.1. The topological polar surface area (TPSA) is 24.5 Å². The highest BCUT2D eigenvalue weighted by Gasteiger charge is 2.35. The first-order valence-corrected chi connectivity index (χ1v) is 9.20.